The van der Waals surface area contributed by atoms with Gasteiger partial charge in [0.15, 0.2) is 0 Å². The summed E-state index contributed by atoms with van der Waals surface area (Å²) in [4.78, 5) is 0. The van der Waals surface area contributed by atoms with Gasteiger partial charge in [-0.1, -0.05) is 63.9 Å². The Balaban J connectivity index is 2.18. The Hall–Kier alpha value is -1.09. The van der Waals surface area contributed by atoms with Crippen molar-refractivity contribution in [1.29, 1.82) is 0 Å². The maximum absolute atomic E-state index is 13.2. The molecule has 0 aromatic heterocycles. The molecule has 0 heterocycles. The molecular formula is C17H10BrCl2F. The van der Waals surface area contributed by atoms with Crippen molar-refractivity contribution in [2.24, 2.45) is 0 Å². The van der Waals surface area contributed by atoms with E-state index in [1.807, 2.05) is 36.4 Å². The van der Waals surface area contributed by atoms with Crippen molar-refractivity contribution < 1.29 is 4.39 Å². The van der Waals surface area contributed by atoms with Crippen LogP contribution in [0.2, 0.25) is 5.02 Å². The number of alkyl halides is 1. The van der Waals surface area contributed by atoms with E-state index in [-0.39, 0.29) is 11.2 Å². The standard InChI is InChI=1S/C17H10BrCl2F/c18-15-9-10(21)5-6-14(15)17(20)13-7-8-16(19)12-4-2-1-3-11(12)13/h1-9,17H. The van der Waals surface area contributed by atoms with Crippen molar-refractivity contribution >= 4 is 49.9 Å². The number of fused-ring (bicyclic) bond motifs is 1. The third-order valence-electron chi connectivity index (χ3n) is 3.41. The van der Waals surface area contributed by atoms with E-state index in [0.29, 0.717) is 9.50 Å². The molecule has 0 spiro atoms. The van der Waals surface area contributed by atoms with E-state index in [4.69, 9.17) is 23.2 Å². The Morgan fingerprint density at radius 1 is 0.905 bits per heavy atom. The van der Waals surface area contributed by atoms with Gasteiger partial charge in [-0.05, 0) is 34.7 Å². The van der Waals surface area contributed by atoms with Crippen molar-refractivity contribution in [3.8, 4) is 0 Å². The molecule has 3 aromatic carbocycles. The predicted octanol–water partition coefficient (Wildman–Crippen LogP) is 6.72. The normalized spacial score (nSPS) is 12.6. The molecule has 3 rings (SSSR count). The van der Waals surface area contributed by atoms with Gasteiger partial charge in [0.1, 0.15) is 5.82 Å². The predicted molar refractivity (Wildman–Crippen MR) is 90.8 cm³/mol. The monoisotopic (exact) mass is 382 g/mol. The smallest absolute Gasteiger partial charge is 0.124 e. The van der Waals surface area contributed by atoms with Crippen molar-refractivity contribution in [2.45, 2.75) is 5.38 Å². The highest BCUT2D eigenvalue weighted by Crippen LogP contribution is 2.39. The van der Waals surface area contributed by atoms with E-state index in [0.717, 1.165) is 21.9 Å². The summed E-state index contributed by atoms with van der Waals surface area (Å²) in [7, 11) is 0. The van der Waals surface area contributed by atoms with E-state index in [9.17, 15) is 4.39 Å². The molecule has 1 atom stereocenters. The molecule has 0 fully saturated rings. The number of rotatable bonds is 2. The summed E-state index contributed by atoms with van der Waals surface area (Å²) in [5, 5.41) is 2.26. The fourth-order valence-electron chi connectivity index (χ4n) is 2.38. The van der Waals surface area contributed by atoms with Crippen molar-refractivity contribution in [2.75, 3.05) is 0 Å². The molecule has 0 bridgehead atoms. The lowest BCUT2D eigenvalue weighted by molar-refractivity contribution is 0.626. The first-order valence-electron chi connectivity index (χ1n) is 6.34. The number of halogens is 4. The van der Waals surface area contributed by atoms with Gasteiger partial charge in [0.05, 0.1) is 5.38 Å². The highest BCUT2D eigenvalue weighted by Gasteiger charge is 2.17. The van der Waals surface area contributed by atoms with Crippen molar-refractivity contribution in [3.63, 3.8) is 0 Å². The summed E-state index contributed by atoms with van der Waals surface area (Å²) in [5.74, 6) is -0.296. The summed E-state index contributed by atoms with van der Waals surface area (Å²) in [6.07, 6.45) is 0. The van der Waals surface area contributed by atoms with Crippen molar-refractivity contribution in [1.82, 2.24) is 0 Å². The number of hydrogen-bond acceptors (Lipinski definition) is 0. The van der Waals surface area contributed by atoms with Crippen LogP contribution < -0.4 is 0 Å². The van der Waals surface area contributed by atoms with Crippen molar-refractivity contribution in [3.05, 3.63) is 81.0 Å². The zero-order valence-electron chi connectivity index (χ0n) is 10.8. The number of benzene rings is 3. The SMILES string of the molecule is Fc1ccc(C(Cl)c2ccc(Cl)c3ccccc23)c(Br)c1. The highest BCUT2D eigenvalue weighted by molar-refractivity contribution is 9.10. The van der Waals surface area contributed by atoms with Crippen LogP contribution in [0.3, 0.4) is 0 Å². The van der Waals surface area contributed by atoms with E-state index in [1.165, 1.54) is 12.1 Å². The van der Waals surface area contributed by atoms with Gasteiger partial charge in [0.2, 0.25) is 0 Å². The van der Waals surface area contributed by atoms with Gasteiger partial charge in [-0.3, -0.25) is 0 Å². The van der Waals surface area contributed by atoms with Crippen LogP contribution in [0.25, 0.3) is 10.8 Å². The van der Waals surface area contributed by atoms with Crippen LogP contribution >= 0.6 is 39.1 Å². The van der Waals surface area contributed by atoms with Gasteiger partial charge < -0.3 is 0 Å². The van der Waals surface area contributed by atoms with Gasteiger partial charge >= 0.3 is 0 Å². The maximum Gasteiger partial charge on any atom is 0.124 e. The minimum Gasteiger partial charge on any atom is -0.207 e. The Morgan fingerprint density at radius 2 is 1.57 bits per heavy atom. The molecule has 0 aliphatic rings. The largest absolute Gasteiger partial charge is 0.207 e. The molecule has 0 aliphatic carbocycles. The summed E-state index contributed by atoms with van der Waals surface area (Å²) < 4.78 is 13.9. The van der Waals surface area contributed by atoms with Crippen LogP contribution in [-0.2, 0) is 0 Å². The topological polar surface area (TPSA) is 0 Å². The van der Waals surface area contributed by atoms with E-state index < -0.39 is 0 Å². The van der Waals surface area contributed by atoms with Gasteiger partial charge in [0, 0.05) is 14.9 Å². The first-order valence-corrected chi connectivity index (χ1v) is 7.95. The molecule has 0 aliphatic heterocycles. The Bertz CT molecular complexity index is 817. The van der Waals surface area contributed by atoms with Crippen LogP contribution in [0.15, 0.2) is 59.1 Å². The lowest BCUT2D eigenvalue weighted by Crippen LogP contribution is -1.96. The molecule has 0 amide bonds. The summed E-state index contributed by atoms with van der Waals surface area (Å²) in [6, 6.07) is 16.1. The van der Waals surface area contributed by atoms with Gasteiger partial charge in [-0.25, -0.2) is 4.39 Å². The first kappa shape index (κ1) is 14.8. The zero-order chi connectivity index (χ0) is 15.0. The molecular weight excluding hydrogens is 374 g/mol. The Kier molecular flexibility index (Phi) is 4.21. The highest BCUT2D eigenvalue weighted by atomic mass is 79.9. The Morgan fingerprint density at radius 3 is 2.29 bits per heavy atom. The Labute approximate surface area is 140 Å². The number of hydrogen-bond donors (Lipinski definition) is 0. The van der Waals surface area contributed by atoms with Crippen LogP contribution in [-0.4, -0.2) is 0 Å². The molecule has 0 radical (unpaired) electrons. The summed E-state index contributed by atoms with van der Waals surface area (Å²) in [5.41, 5.74) is 1.77. The average Bonchev–Trinajstić information content (AvgIpc) is 2.47. The molecule has 4 heteroatoms. The third-order valence-corrected chi connectivity index (χ3v) is 4.90. The van der Waals surface area contributed by atoms with E-state index >= 15 is 0 Å². The van der Waals surface area contributed by atoms with Crippen LogP contribution in [0, 0.1) is 5.82 Å². The van der Waals surface area contributed by atoms with Crippen LogP contribution in [0.5, 0.6) is 0 Å². The van der Waals surface area contributed by atoms with Gasteiger partial charge in [-0.2, -0.15) is 0 Å². The maximum atomic E-state index is 13.2. The second-order valence-electron chi connectivity index (χ2n) is 4.71. The second kappa shape index (κ2) is 5.96. The van der Waals surface area contributed by atoms with E-state index in [2.05, 4.69) is 15.9 Å². The summed E-state index contributed by atoms with van der Waals surface area (Å²) in [6.45, 7) is 0. The molecule has 0 N–H and O–H groups in total. The molecule has 0 saturated carbocycles. The van der Waals surface area contributed by atoms with Gasteiger partial charge in [0.25, 0.3) is 0 Å². The lowest BCUT2D eigenvalue weighted by atomic mass is 9.98. The van der Waals surface area contributed by atoms with Crippen LogP contribution in [0.1, 0.15) is 16.5 Å². The lowest BCUT2D eigenvalue weighted by Gasteiger charge is -2.15. The third kappa shape index (κ3) is 2.80. The molecule has 0 nitrogen and oxygen atoms in total. The quantitative estimate of drug-likeness (QED) is 0.430. The fourth-order valence-corrected chi connectivity index (χ4v) is 3.70. The fraction of sp³-hybridized carbons (Fsp3) is 0.0588. The first-order chi connectivity index (χ1) is 10.1. The minimum absolute atomic E-state index is 0.296. The molecule has 1 unspecified atom stereocenters. The minimum atomic E-state index is -0.387. The van der Waals surface area contributed by atoms with E-state index in [1.54, 1.807) is 6.07 Å². The van der Waals surface area contributed by atoms with Gasteiger partial charge in [-0.15, -0.1) is 11.6 Å². The molecule has 21 heavy (non-hydrogen) atoms. The molecule has 0 saturated heterocycles. The average molecular weight is 384 g/mol. The second-order valence-corrected chi connectivity index (χ2v) is 6.41. The molecule has 106 valence electrons. The zero-order valence-corrected chi connectivity index (χ0v) is 13.9. The van der Waals surface area contributed by atoms with Crippen LogP contribution in [0.4, 0.5) is 4.39 Å². The molecule has 3 aromatic rings. The summed E-state index contributed by atoms with van der Waals surface area (Å²) >= 11 is 16.2.